The van der Waals surface area contributed by atoms with Crippen LogP contribution in [0.15, 0.2) is 28.7 Å². The van der Waals surface area contributed by atoms with Gasteiger partial charge in [0.05, 0.1) is 15.0 Å². The Balaban J connectivity index is 2.88. The Bertz CT molecular complexity index is 556. The largest absolute Gasteiger partial charge is 0.476 e. The summed E-state index contributed by atoms with van der Waals surface area (Å²) in [6, 6.07) is 7.12. The fraction of sp³-hybridized carbons (Fsp3) is 0. The first-order valence-corrected chi connectivity index (χ1v) is 5.25. The Kier molecular flexibility index (Phi) is 2.63. The number of carboxylic acid groups (broad SMARTS) is 1. The zero-order valence-electron chi connectivity index (χ0n) is 7.37. The molecule has 0 atom stereocenters. The molecule has 0 spiro atoms. The highest BCUT2D eigenvalue weighted by atomic mass is 79.9. The maximum absolute atomic E-state index is 10.9. The van der Waals surface area contributed by atoms with E-state index in [0.717, 1.165) is 5.39 Å². The number of aromatic nitrogens is 1. The molecule has 1 aromatic heterocycles. The number of carbonyl (C=O) groups is 1. The number of aromatic carboxylic acids is 1. The van der Waals surface area contributed by atoms with Crippen LogP contribution in [0.4, 0.5) is 0 Å². The van der Waals surface area contributed by atoms with Gasteiger partial charge >= 0.3 is 5.97 Å². The van der Waals surface area contributed by atoms with Crippen molar-refractivity contribution < 1.29 is 9.90 Å². The molecule has 2 aromatic rings. The van der Waals surface area contributed by atoms with Gasteiger partial charge in [0.2, 0.25) is 0 Å². The smallest absolute Gasteiger partial charge is 0.355 e. The molecule has 1 aromatic carbocycles. The maximum atomic E-state index is 10.9. The lowest BCUT2D eigenvalue weighted by Gasteiger charge is -2.05. The Morgan fingerprint density at radius 1 is 1.40 bits per heavy atom. The van der Waals surface area contributed by atoms with E-state index in [1.807, 2.05) is 6.07 Å². The van der Waals surface area contributed by atoms with Crippen LogP contribution < -0.4 is 0 Å². The van der Waals surface area contributed by atoms with Crippen molar-refractivity contribution in [2.45, 2.75) is 0 Å². The molecular weight excluding hydrogens is 281 g/mol. The van der Waals surface area contributed by atoms with Gasteiger partial charge in [-0.15, -0.1) is 0 Å². The molecule has 0 amide bonds. The average Bonchev–Trinajstić information content (AvgIpc) is 2.23. The normalized spacial score (nSPS) is 10.5. The molecule has 0 bridgehead atoms. The molecule has 2 rings (SSSR count). The standard InChI is InChI=1S/C10H5BrClNO2/c11-7-8(12)5-3-1-2-4-6(5)13-9(7)10(14)15/h1-4H,(H,14,15). The van der Waals surface area contributed by atoms with Gasteiger partial charge in [-0.1, -0.05) is 29.8 Å². The number of fused-ring (bicyclic) bond motifs is 1. The first-order valence-electron chi connectivity index (χ1n) is 4.08. The van der Waals surface area contributed by atoms with E-state index in [2.05, 4.69) is 20.9 Å². The van der Waals surface area contributed by atoms with Crippen LogP contribution in [0.3, 0.4) is 0 Å². The predicted octanol–water partition coefficient (Wildman–Crippen LogP) is 3.35. The molecule has 0 unspecified atom stereocenters. The maximum Gasteiger partial charge on any atom is 0.355 e. The van der Waals surface area contributed by atoms with Crippen LogP contribution in [0.1, 0.15) is 10.5 Å². The second kappa shape index (κ2) is 3.79. The zero-order chi connectivity index (χ0) is 11.0. The number of benzene rings is 1. The van der Waals surface area contributed by atoms with E-state index < -0.39 is 5.97 Å². The summed E-state index contributed by atoms with van der Waals surface area (Å²) in [5, 5.41) is 10.0. The molecule has 0 aliphatic carbocycles. The minimum absolute atomic E-state index is 0.0706. The molecular formula is C10H5BrClNO2. The number of halogens is 2. The van der Waals surface area contributed by atoms with Gasteiger partial charge in [0.15, 0.2) is 5.69 Å². The molecule has 0 saturated heterocycles. The summed E-state index contributed by atoms with van der Waals surface area (Å²) in [6.45, 7) is 0. The van der Waals surface area contributed by atoms with Crippen molar-refractivity contribution >= 4 is 44.4 Å². The van der Waals surface area contributed by atoms with E-state index in [1.54, 1.807) is 18.2 Å². The molecule has 0 aliphatic rings. The number of nitrogens with zero attached hydrogens (tertiary/aromatic N) is 1. The van der Waals surface area contributed by atoms with Crippen LogP contribution in [0, 0.1) is 0 Å². The van der Waals surface area contributed by atoms with Gasteiger partial charge in [-0.2, -0.15) is 0 Å². The number of carboxylic acids is 1. The van der Waals surface area contributed by atoms with E-state index in [-0.39, 0.29) is 5.69 Å². The van der Waals surface area contributed by atoms with Gasteiger partial charge in [-0.3, -0.25) is 0 Å². The molecule has 0 radical (unpaired) electrons. The highest BCUT2D eigenvalue weighted by molar-refractivity contribution is 9.10. The summed E-state index contributed by atoms with van der Waals surface area (Å²) in [7, 11) is 0. The van der Waals surface area contributed by atoms with E-state index in [1.165, 1.54) is 0 Å². The lowest BCUT2D eigenvalue weighted by atomic mass is 10.2. The molecule has 0 fully saturated rings. The van der Waals surface area contributed by atoms with Crippen LogP contribution in [0.25, 0.3) is 10.9 Å². The van der Waals surface area contributed by atoms with Crippen molar-refractivity contribution in [3.63, 3.8) is 0 Å². The van der Waals surface area contributed by atoms with Gasteiger partial charge in [0, 0.05) is 5.39 Å². The monoisotopic (exact) mass is 285 g/mol. The second-order valence-corrected chi connectivity index (χ2v) is 4.08. The molecule has 0 aliphatic heterocycles. The minimum atomic E-state index is -1.10. The summed E-state index contributed by atoms with van der Waals surface area (Å²) in [6.07, 6.45) is 0. The predicted molar refractivity (Wildman–Crippen MR) is 61.4 cm³/mol. The van der Waals surface area contributed by atoms with Crippen LogP contribution >= 0.6 is 27.5 Å². The zero-order valence-corrected chi connectivity index (χ0v) is 9.71. The number of hydrogen-bond acceptors (Lipinski definition) is 2. The van der Waals surface area contributed by atoms with Crippen molar-refractivity contribution in [1.29, 1.82) is 0 Å². The topological polar surface area (TPSA) is 50.2 Å². The van der Waals surface area contributed by atoms with Crippen LogP contribution in [0.2, 0.25) is 5.02 Å². The molecule has 15 heavy (non-hydrogen) atoms. The van der Waals surface area contributed by atoms with Gasteiger partial charge in [0.25, 0.3) is 0 Å². The lowest BCUT2D eigenvalue weighted by molar-refractivity contribution is 0.0690. The number of para-hydroxylation sites is 1. The van der Waals surface area contributed by atoms with Crippen LogP contribution in [-0.4, -0.2) is 16.1 Å². The molecule has 76 valence electrons. The first-order chi connectivity index (χ1) is 7.11. The number of hydrogen-bond donors (Lipinski definition) is 1. The quantitative estimate of drug-likeness (QED) is 0.874. The lowest BCUT2D eigenvalue weighted by Crippen LogP contribution is -2.02. The molecule has 3 nitrogen and oxygen atoms in total. The van der Waals surface area contributed by atoms with Crippen molar-refractivity contribution in [2.75, 3.05) is 0 Å². The third-order valence-corrected chi connectivity index (χ3v) is 3.37. The molecule has 5 heteroatoms. The van der Waals surface area contributed by atoms with Gasteiger partial charge in [0.1, 0.15) is 0 Å². The summed E-state index contributed by atoms with van der Waals surface area (Å²) in [5.41, 5.74) is 0.502. The summed E-state index contributed by atoms with van der Waals surface area (Å²) in [5.74, 6) is -1.10. The third kappa shape index (κ3) is 1.70. The Morgan fingerprint density at radius 2 is 2.07 bits per heavy atom. The Morgan fingerprint density at radius 3 is 2.73 bits per heavy atom. The van der Waals surface area contributed by atoms with Gasteiger partial charge in [-0.25, -0.2) is 9.78 Å². The van der Waals surface area contributed by atoms with Crippen molar-refractivity contribution in [3.8, 4) is 0 Å². The highest BCUT2D eigenvalue weighted by Gasteiger charge is 2.16. The van der Waals surface area contributed by atoms with Gasteiger partial charge in [-0.05, 0) is 22.0 Å². The van der Waals surface area contributed by atoms with E-state index >= 15 is 0 Å². The summed E-state index contributed by atoms with van der Waals surface area (Å²) < 4.78 is 0.315. The Labute approximate surface area is 98.8 Å². The third-order valence-electron chi connectivity index (χ3n) is 1.98. The van der Waals surface area contributed by atoms with Crippen molar-refractivity contribution in [1.82, 2.24) is 4.98 Å². The van der Waals surface area contributed by atoms with E-state index in [4.69, 9.17) is 16.7 Å². The van der Waals surface area contributed by atoms with Gasteiger partial charge < -0.3 is 5.11 Å². The second-order valence-electron chi connectivity index (χ2n) is 2.91. The van der Waals surface area contributed by atoms with E-state index in [0.29, 0.717) is 15.0 Å². The average molecular weight is 287 g/mol. The van der Waals surface area contributed by atoms with Crippen molar-refractivity contribution in [3.05, 3.63) is 39.5 Å². The summed E-state index contributed by atoms with van der Waals surface area (Å²) >= 11 is 9.15. The van der Waals surface area contributed by atoms with Crippen LogP contribution in [-0.2, 0) is 0 Å². The fourth-order valence-electron chi connectivity index (χ4n) is 1.29. The number of rotatable bonds is 1. The summed E-state index contributed by atoms with van der Waals surface area (Å²) in [4.78, 5) is 14.9. The van der Waals surface area contributed by atoms with Crippen molar-refractivity contribution in [2.24, 2.45) is 0 Å². The molecule has 0 saturated carbocycles. The minimum Gasteiger partial charge on any atom is -0.476 e. The fourth-order valence-corrected chi connectivity index (χ4v) is 2.01. The van der Waals surface area contributed by atoms with Crippen LogP contribution in [0.5, 0.6) is 0 Å². The molecule has 1 heterocycles. The van der Waals surface area contributed by atoms with E-state index in [9.17, 15) is 4.79 Å². The molecule has 1 N–H and O–H groups in total. The highest BCUT2D eigenvalue weighted by Crippen LogP contribution is 2.32. The Hall–Kier alpha value is -1.13. The first kappa shape index (κ1) is 10.4. The SMILES string of the molecule is O=C(O)c1nc2ccccc2c(Cl)c1Br. The number of pyridine rings is 1.